The first-order valence-corrected chi connectivity index (χ1v) is 3.48. The Labute approximate surface area is 98.8 Å². The van der Waals surface area contributed by atoms with E-state index in [0.29, 0.717) is 5.82 Å². The first-order chi connectivity index (χ1) is 6.11. The molecule has 1 heterocycles. The lowest BCUT2D eigenvalue weighted by Crippen LogP contribution is -2.44. The van der Waals surface area contributed by atoms with Crippen LogP contribution in [0.15, 0.2) is 12.5 Å². The average molecular weight is 255 g/mol. The molecule has 7 nitrogen and oxygen atoms in total. The molecule has 15 heavy (non-hydrogen) atoms. The second-order valence-electron chi connectivity index (χ2n) is 2.33. The third-order valence-electron chi connectivity index (χ3n) is 1.42. The van der Waals surface area contributed by atoms with E-state index in [1.54, 1.807) is 7.05 Å². The van der Waals surface area contributed by atoms with Crippen molar-refractivity contribution in [3.05, 3.63) is 12.5 Å². The Morgan fingerprint density at radius 3 is 2.67 bits per heavy atom. The van der Waals surface area contributed by atoms with Gasteiger partial charge in [0, 0.05) is 7.05 Å². The lowest BCUT2D eigenvalue weighted by atomic mass is 10.6. The molecule has 0 atom stereocenters. The third-order valence-corrected chi connectivity index (χ3v) is 1.42. The van der Waals surface area contributed by atoms with Crippen LogP contribution in [0.5, 0.6) is 0 Å². The first kappa shape index (κ1) is 16.0. The van der Waals surface area contributed by atoms with Crippen molar-refractivity contribution in [2.75, 3.05) is 11.9 Å². The summed E-state index contributed by atoms with van der Waals surface area (Å²) < 4.78 is 0. The Bertz CT molecular complexity index is 313. The van der Waals surface area contributed by atoms with E-state index in [4.69, 9.17) is 11.1 Å². The van der Waals surface area contributed by atoms with Gasteiger partial charge in [-0.2, -0.15) is 0 Å². The number of carbonyl (C=O) groups is 1. The van der Waals surface area contributed by atoms with E-state index in [2.05, 4.69) is 15.3 Å². The normalized spacial score (nSPS) is 8.07. The number of H-pyrrole nitrogens is 1. The Morgan fingerprint density at radius 2 is 2.27 bits per heavy atom. The number of imidazole rings is 1. The van der Waals surface area contributed by atoms with E-state index in [0.717, 1.165) is 0 Å². The molecule has 86 valence electrons. The highest BCUT2D eigenvalue weighted by atomic mass is 35.5. The Morgan fingerprint density at radius 1 is 1.67 bits per heavy atom. The molecule has 0 bridgehead atoms. The van der Waals surface area contributed by atoms with Gasteiger partial charge in [0.1, 0.15) is 5.82 Å². The number of hydrogen-bond donors (Lipinski definition) is 4. The number of primary amides is 1. The van der Waals surface area contributed by atoms with Crippen molar-refractivity contribution in [1.29, 1.82) is 5.41 Å². The molecule has 1 rings (SSSR count). The number of halogens is 2. The van der Waals surface area contributed by atoms with Gasteiger partial charge in [-0.05, 0) is 0 Å². The minimum absolute atomic E-state index is 0. The van der Waals surface area contributed by atoms with Gasteiger partial charge in [-0.1, -0.05) is 0 Å². The summed E-state index contributed by atoms with van der Waals surface area (Å²) in [4.78, 5) is 18.3. The van der Waals surface area contributed by atoms with Gasteiger partial charge in [-0.25, -0.2) is 9.78 Å². The van der Waals surface area contributed by atoms with E-state index in [9.17, 15) is 4.79 Å². The second kappa shape index (κ2) is 6.91. The van der Waals surface area contributed by atoms with E-state index in [1.807, 2.05) is 0 Å². The minimum Gasteiger partial charge on any atom is -0.351 e. The highest BCUT2D eigenvalue weighted by Crippen LogP contribution is 2.03. The van der Waals surface area contributed by atoms with Crippen LogP contribution in [0.3, 0.4) is 0 Å². The zero-order valence-electron chi connectivity index (χ0n) is 7.85. The number of amides is 2. The maximum atomic E-state index is 10.4. The first-order valence-electron chi connectivity index (χ1n) is 3.48. The summed E-state index contributed by atoms with van der Waals surface area (Å²) >= 11 is 0. The molecule has 0 fully saturated rings. The number of guanidine groups is 1. The summed E-state index contributed by atoms with van der Waals surface area (Å²) in [5.41, 5.74) is 4.84. The van der Waals surface area contributed by atoms with Crippen molar-refractivity contribution in [3.63, 3.8) is 0 Å². The number of urea groups is 1. The number of nitrogens with two attached hydrogens (primary N) is 1. The third kappa shape index (κ3) is 4.52. The highest BCUT2D eigenvalue weighted by molar-refractivity contribution is 6.02. The lowest BCUT2D eigenvalue weighted by Gasteiger charge is -2.16. The monoisotopic (exact) mass is 254 g/mol. The maximum Gasteiger partial charge on any atom is 0.318 e. The molecule has 0 aliphatic heterocycles. The fourth-order valence-electron chi connectivity index (χ4n) is 0.753. The van der Waals surface area contributed by atoms with E-state index in [1.165, 1.54) is 17.4 Å². The maximum absolute atomic E-state index is 10.4. The highest BCUT2D eigenvalue weighted by Gasteiger charge is 2.08. The number of anilines is 1. The van der Waals surface area contributed by atoms with Crippen LogP contribution in [0.2, 0.25) is 0 Å². The van der Waals surface area contributed by atoms with Crippen LogP contribution < -0.4 is 16.0 Å². The number of hydrogen-bond acceptors (Lipinski definition) is 3. The number of nitrogens with one attached hydrogen (secondary N) is 3. The molecule has 0 aliphatic rings. The molecule has 0 aromatic carbocycles. The molecule has 0 aliphatic carbocycles. The quantitative estimate of drug-likeness (QED) is 0.427. The van der Waals surface area contributed by atoms with Crippen LogP contribution in [-0.2, 0) is 0 Å². The molecule has 0 radical (unpaired) electrons. The van der Waals surface area contributed by atoms with Crippen LogP contribution in [0.25, 0.3) is 0 Å². The number of nitrogens with zero attached hydrogens (tertiary/aromatic N) is 2. The minimum atomic E-state index is -0.767. The molecule has 0 unspecified atom stereocenters. The Kier molecular flexibility index (Phi) is 7.36. The number of carbonyl (C=O) groups excluding carboxylic acids is 1. The van der Waals surface area contributed by atoms with Crippen molar-refractivity contribution in [2.24, 2.45) is 5.73 Å². The van der Waals surface area contributed by atoms with Crippen LogP contribution in [0, 0.1) is 5.41 Å². The zero-order valence-corrected chi connectivity index (χ0v) is 9.48. The van der Waals surface area contributed by atoms with Gasteiger partial charge in [0.25, 0.3) is 0 Å². The summed E-state index contributed by atoms with van der Waals surface area (Å²) in [6.45, 7) is 0. The van der Waals surface area contributed by atoms with Crippen molar-refractivity contribution in [3.8, 4) is 0 Å². The van der Waals surface area contributed by atoms with Gasteiger partial charge in [-0.3, -0.25) is 10.7 Å². The van der Waals surface area contributed by atoms with Gasteiger partial charge in [-0.15, -0.1) is 24.8 Å². The Hall–Kier alpha value is -1.47. The Balaban J connectivity index is 0. The smallest absolute Gasteiger partial charge is 0.318 e. The predicted octanol–water partition coefficient (Wildman–Crippen LogP) is 0.293. The molecular formula is C6H12Cl2N6O. The fraction of sp³-hybridized carbons (Fsp3) is 0.167. The standard InChI is InChI=1S/C6H10N6O.2ClH/c1-12(4-2-9-3-10-4)5(7)11-6(8)13;;/h2-3H,1H3,(H,9,10)(H4,7,8,11,13);2*1H. The van der Waals surface area contributed by atoms with Crippen molar-refractivity contribution < 1.29 is 4.79 Å². The van der Waals surface area contributed by atoms with E-state index < -0.39 is 6.03 Å². The lowest BCUT2D eigenvalue weighted by molar-refractivity contribution is 0.253. The fourth-order valence-corrected chi connectivity index (χ4v) is 0.753. The van der Waals surface area contributed by atoms with E-state index in [-0.39, 0.29) is 30.8 Å². The molecule has 1 aromatic rings. The number of rotatable bonds is 1. The van der Waals surface area contributed by atoms with Crippen molar-refractivity contribution in [2.45, 2.75) is 0 Å². The molecule has 1 aromatic heterocycles. The van der Waals surface area contributed by atoms with Crippen LogP contribution >= 0.6 is 24.8 Å². The molecular weight excluding hydrogens is 243 g/mol. The van der Waals surface area contributed by atoms with Crippen molar-refractivity contribution >= 4 is 42.6 Å². The molecule has 0 saturated heterocycles. The largest absolute Gasteiger partial charge is 0.351 e. The number of aromatic nitrogens is 2. The topological polar surface area (TPSA) is 111 Å². The summed E-state index contributed by atoms with van der Waals surface area (Å²) in [6, 6.07) is -0.767. The van der Waals surface area contributed by atoms with Gasteiger partial charge in [0.15, 0.2) is 0 Å². The molecule has 5 N–H and O–H groups in total. The van der Waals surface area contributed by atoms with Gasteiger partial charge in [0.2, 0.25) is 5.96 Å². The van der Waals surface area contributed by atoms with Crippen molar-refractivity contribution in [1.82, 2.24) is 15.3 Å². The zero-order chi connectivity index (χ0) is 9.84. The average Bonchev–Trinajstić information content (AvgIpc) is 2.53. The van der Waals surface area contributed by atoms with Gasteiger partial charge < -0.3 is 15.6 Å². The van der Waals surface area contributed by atoms with Crippen LogP contribution in [0.1, 0.15) is 0 Å². The summed E-state index contributed by atoms with van der Waals surface area (Å²) in [5, 5.41) is 9.50. The second-order valence-corrected chi connectivity index (χ2v) is 2.33. The molecule has 2 amide bonds. The van der Waals surface area contributed by atoms with Gasteiger partial charge in [0.05, 0.1) is 12.5 Å². The molecule has 0 saturated carbocycles. The summed E-state index contributed by atoms with van der Waals surface area (Å²) in [7, 11) is 1.60. The molecule has 9 heteroatoms. The summed E-state index contributed by atoms with van der Waals surface area (Å²) in [6.07, 6.45) is 3.00. The predicted molar refractivity (Wildman–Crippen MR) is 61.9 cm³/mol. The number of aromatic amines is 1. The van der Waals surface area contributed by atoms with Crippen LogP contribution in [-0.4, -0.2) is 29.0 Å². The summed E-state index contributed by atoms with van der Waals surface area (Å²) in [5.74, 6) is 0.482. The van der Waals surface area contributed by atoms with E-state index >= 15 is 0 Å². The SMILES string of the molecule is CN(C(=N)NC(N)=O)c1cnc[nH]1.Cl.Cl. The molecule has 0 spiro atoms. The van der Waals surface area contributed by atoms with Gasteiger partial charge >= 0.3 is 6.03 Å². The van der Waals surface area contributed by atoms with Crippen LogP contribution in [0.4, 0.5) is 10.6 Å².